The van der Waals surface area contributed by atoms with Crippen LogP contribution in [0.25, 0.3) is 5.57 Å². The van der Waals surface area contributed by atoms with E-state index in [1.165, 1.54) is 0 Å². The first-order valence-electron chi connectivity index (χ1n) is 7.51. The van der Waals surface area contributed by atoms with Gasteiger partial charge in [-0.2, -0.15) is 0 Å². The molecule has 4 rings (SSSR count). The van der Waals surface area contributed by atoms with Crippen LogP contribution in [0.4, 0.5) is 5.69 Å². The van der Waals surface area contributed by atoms with Gasteiger partial charge in [0, 0.05) is 29.8 Å². The molecule has 0 fully saturated rings. The third kappa shape index (κ3) is 2.52. The normalized spacial score (nSPS) is 19.3. The first-order valence-corrected chi connectivity index (χ1v) is 8.39. The molecular formula is C17H14N4O2S. The number of nitrogens with one attached hydrogen (secondary N) is 1. The van der Waals surface area contributed by atoms with Crippen LogP contribution in [0.1, 0.15) is 39.7 Å². The SMILES string of the molecule is NC(=O)c1ccc(N=CC2CC3=C(CC(=O)N3)c3scnc32)cc1. The summed E-state index contributed by atoms with van der Waals surface area (Å²) in [6, 6.07) is 6.82. The van der Waals surface area contributed by atoms with Crippen molar-refractivity contribution in [3.8, 4) is 0 Å². The Kier molecular flexibility index (Phi) is 3.50. The van der Waals surface area contributed by atoms with Crippen LogP contribution in [0.15, 0.2) is 40.5 Å². The molecular weight excluding hydrogens is 324 g/mol. The maximum absolute atomic E-state index is 11.7. The van der Waals surface area contributed by atoms with Gasteiger partial charge in [-0.25, -0.2) is 4.98 Å². The highest BCUT2D eigenvalue weighted by Gasteiger charge is 2.33. The number of thiazole rings is 1. The van der Waals surface area contributed by atoms with Crippen molar-refractivity contribution in [2.75, 3.05) is 0 Å². The standard InChI is InChI=1S/C17H14N4O2S/c18-17(23)9-1-3-11(4-2-9)19-7-10-5-13-12(6-14(22)21-13)16-15(10)20-8-24-16/h1-4,7-8,10H,5-6H2,(H2,18,23)(H,21,22). The molecule has 1 unspecified atom stereocenters. The highest BCUT2D eigenvalue weighted by molar-refractivity contribution is 7.11. The zero-order chi connectivity index (χ0) is 16.7. The molecule has 3 N–H and O–H groups in total. The molecule has 0 saturated heterocycles. The van der Waals surface area contributed by atoms with Crippen LogP contribution < -0.4 is 11.1 Å². The zero-order valence-corrected chi connectivity index (χ0v) is 13.5. The summed E-state index contributed by atoms with van der Waals surface area (Å²) >= 11 is 1.56. The Bertz CT molecular complexity index is 896. The number of hydrogen-bond acceptors (Lipinski definition) is 5. The predicted octanol–water partition coefficient (Wildman–Crippen LogP) is 2.36. The minimum atomic E-state index is -0.457. The number of rotatable bonds is 3. The number of amides is 2. The van der Waals surface area contributed by atoms with Crippen LogP contribution in [-0.2, 0) is 4.79 Å². The number of benzene rings is 1. The molecule has 1 aliphatic carbocycles. The number of aromatic nitrogens is 1. The molecule has 2 aliphatic rings. The third-order valence-corrected chi connectivity index (χ3v) is 5.09. The van der Waals surface area contributed by atoms with E-state index in [0.717, 1.165) is 27.5 Å². The molecule has 24 heavy (non-hydrogen) atoms. The molecule has 1 aromatic carbocycles. The topological polar surface area (TPSA) is 97.4 Å². The van der Waals surface area contributed by atoms with Crippen LogP contribution in [0.3, 0.4) is 0 Å². The number of carbonyl (C=O) groups is 2. The maximum atomic E-state index is 11.7. The van der Waals surface area contributed by atoms with Crippen molar-refractivity contribution in [1.29, 1.82) is 0 Å². The average Bonchev–Trinajstić information content (AvgIpc) is 3.18. The van der Waals surface area contributed by atoms with Gasteiger partial charge in [-0.05, 0) is 29.8 Å². The van der Waals surface area contributed by atoms with Crippen molar-refractivity contribution >= 4 is 40.6 Å². The largest absolute Gasteiger partial charge is 0.366 e. The summed E-state index contributed by atoms with van der Waals surface area (Å²) in [5.41, 5.74) is 11.3. The van der Waals surface area contributed by atoms with Crippen molar-refractivity contribution in [2.45, 2.75) is 18.8 Å². The van der Waals surface area contributed by atoms with E-state index in [1.54, 1.807) is 35.6 Å². The summed E-state index contributed by atoms with van der Waals surface area (Å²) in [5, 5.41) is 2.94. The van der Waals surface area contributed by atoms with Gasteiger partial charge in [-0.15, -0.1) is 11.3 Å². The molecule has 1 aromatic heterocycles. The number of primary amides is 1. The second kappa shape index (κ2) is 5.68. The van der Waals surface area contributed by atoms with Crippen LogP contribution in [-0.4, -0.2) is 23.0 Å². The van der Waals surface area contributed by atoms with Gasteiger partial charge in [0.15, 0.2) is 0 Å². The maximum Gasteiger partial charge on any atom is 0.248 e. The first-order chi connectivity index (χ1) is 11.6. The molecule has 1 aliphatic heterocycles. The minimum absolute atomic E-state index is 0.0271. The number of nitrogens with zero attached hydrogens (tertiary/aromatic N) is 2. The van der Waals surface area contributed by atoms with Gasteiger partial charge < -0.3 is 11.1 Å². The quantitative estimate of drug-likeness (QED) is 0.841. The number of aliphatic imine (C=N–C) groups is 1. The molecule has 0 radical (unpaired) electrons. The molecule has 120 valence electrons. The fraction of sp³-hybridized carbons (Fsp3) is 0.176. The summed E-state index contributed by atoms with van der Waals surface area (Å²) in [5.74, 6) is -0.389. The molecule has 0 bridgehead atoms. The summed E-state index contributed by atoms with van der Waals surface area (Å²) in [4.78, 5) is 32.8. The van der Waals surface area contributed by atoms with Crippen LogP contribution in [0, 0.1) is 0 Å². The van der Waals surface area contributed by atoms with Gasteiger partial charge in [0.1, 0.15) is 0 Å². The van der Waals surface area contributed by atoms with Gasteiger partial charge in [-0.3, -0.25) is 14.6 Å². The Hall–Kier alpha value is -2.80. The van der Waals surface area contributed by atoms with Crippen molar-refractivity contribution < 1.29 is 9.59 Å². The monoisotopic (exact) mass is 338 g/mol. The number of hydrogen-bond donors (Lipinski definition) is 2. The van der Waals surface area contributed by atoms with E-state index in [2.05, 4.69) is 15.3 Å². The van der Waals surface area contributed by atoms with E-state index in [0.29, 0.717) is 18.4 Å². The van der Waals surface area contributed by atoms with Crippen molar-refractivity contribution in [2.24, 2.45) is 10.7 Å². The molecule has 0 spiro atoms. The fourth-order valence-electron chi connectivity index (χ4n) is 3.02. The van der Waals surface area contributed by atoms with E-state index in [4.69, 9.17) is 5.73 Å². The van der Waals surface area contributed by atoms with Gasteiger partial charge in [0.05, 0.1) is 28.2 Å². The zero-order valence-electron chi connectivity index (χ0n) is 12.7. The molecule has 2 aromatic rings. The second-order valence-electron chi connectivity index (χ2n) is 5.75. The fourth-order valence-corrected chi connectivity index (χ4v) is 3.95. The molecule has 7 heteroatoms. The minimum Gasteiger partial charge on any atom is -0.366 e. The lowest BCUT2D eigenvalue weighted by Crippen LogP contribution is -2.18. The van der Waals surface area contributed by atoms with E-state index < -0.39 is 5.91 Å². The lowest BCUT2D eigenvalue weighted by Gasteiger charge is -2.19. The first kappa shape index (κ1) is 14.8. The van der Waals surface area contributed by atoms with Gasteiger partial charge in [0.25, 0.3) is 0 Å². The lowest BCUT2D eigenvalue weighted by atomic mass is 9.90. The summed E-state index contributed by atoms with van der Waals surface area (Å²) in [7, 11) is 0. The highest BCUT2D eigenvalue weighted by atomic mass is 32.1. The van der Waals surface area contributed by atoms with Gasteiger partial charge >= 0.3 is 0 Å². The number of carbonyl (C=O) groups excluding carboxylic acids is 2. The van der Waals surface area contributed by atoms with Crippen molar-refractivity contribution in [1.82, 2.24) is 10.3 Å². The molecule has 1 atom stereocenters. The average molecular weight is 338 g/mol. The smallest absolute Gasteiger partial charge is 0.248 e. The summed E-state index contributed by atoms with van der Waals surface area (Å²) in [6.07, 6.45) is 2.98. The van der Waals surface area contributed by atoms with Crippen LogP contribution in [0.5, 0.6) is 0 Å². The van der Waals surface area contributed by atoms with Crippen LogP contribution >= 0.6 is 11.3 Å². The van der Waals surface area contributed by atoms with Gasteiger partial charge in [0.2, 0.25) is 11.8 Å². The van der Waals surface area contributed by atoms with E-state index in [-0.39, 0.29) is 11.8 Å². The number of allylic oxidation sites excluding steroid dienone is 1. The highest BCUT2D eigenvalue weighted by Crippen LogP contribution is 2.42. The Morgan fingerprint density at radius 3 is 2.92 bits per heavy atom. The molecule has 2 heterocycles. The Balaban J connectivity index is 1.59. The van der Waals surface area contributed by atoms with Crippen LogP contribution in [0.2, 0.25) is 0 Å². The van der Waals surface area contributed by atoms with Gasteiger partial charge in [-0.1, -0.05) is 0 Å². The molecule has 2 amide bonds. The second-order valence-corrected chi connectivity index (χ2v) is 6.60. The van der Waals surface area contributed by atoms with E-state index >= 15 is 0 Å². The Morgan fingerprint density at radius 1 is 1.38 bits per heavy atom. The lowest BCUT2D eigenvalue weighted by molar-refractivity contribution is -0.118. The molecule has 6 nitrogen and oxygen atoms in total. The van der Waals surface area contributed by atoms with E-state index in [1.807, 2.05) is 11.7 Å². The van der Waals surface area contributed by atoms with E-state index in [9.17, 15) is 9.59 Å². The Labute approximate surface area is 142 Å². The van der Waals surface area contributed by atoms with Crippen molar-refractivity contribution in [3.63, 3.8) is 0 Å². The summed E-state index contributed by atoms with van der Waals surface area (Å²) < 4.78 is 0. The summed E-state index contributed by atoms with van der Waals surface area (Å²) in [6.45, 7) is 0. The number of fused-ring (bicyclic) bond motifs is 2. The Morgan fingerprint density at radius 2 is 2.17 bits per heavy atom. The molecule has 0 saturated carbocycles. The third-order valence-electron chi connectivity index (χ3n) is 4.19. The predicted molar refractivity (Wildman–Crippen MR) is 92.3 cm³/mol. The number of nitrogens with two attached hydrogens (primary N) is 1. The van der Waals surface area contributed by atoms with Crippen molar-refractivity contribution in [3.05, 3.63) is 51.6 Å².